The van der Waals surface area contributed by atoms with Crippen molar-refractivity contribution >= 4 is 11.3 Å². The number of nitrogens with zero attached hydrogens (tertiary/aromatic N) is 3. The van der Waals surface area contributed by atoms with Gasteiger partial charge in [-0.3, -0.25) is 9.67 Å². The van der Waals surface area contributed by atoms with E-state index in [1.807, 2.05) is 11.7 Å². The van der Waals surface area contributed by atoms with Crippen molar-refractivity contribution in [3.63, 3.8) is 0 Å². The van der Waals surface area contributed by atoms with Crippen LogP contribution in [0.2, 0.25) is 0 Å². The Morgan fingerprint density at radius 2 is 2.16 bits per heavy atom. The Kier molecular flexibility index (Phi) is 4.71. The maximum atomic E-state index is 4.64. The molecule has 1 N–H and O–H groups in total. The third-order valence-electron chi connectivity index (χ3n) is 3.17. The number of aryl methyl sites for hydroxylation is 1. The van der Waals surface area contributed by atoms with E-state index >= 15 is 0 Å². The molecule has 0 saturated carbocycles. The zero-order chi connectivity index (χ0) is 13.8. The molecule has 0 unspecified atom stereocenters. The molecule has 0 saturated heterocycles. The fourth-order valence-electron chi connectivity index (χ4n) is 2.10. The molecule has 0 aliphatic rings. The van der Waals surface area contributed by atoms with Crippen LogP contribution in [0.15, 0.2) is 11.7 Å². The Bertz CT molecular complexity index is 514. The van der Waals surface area contributed by atoms with E-state index in [1.165, 1.54) is 16.1 Å². The van der Waals surface area contributed by atoms with Crippen molar-refractivity contribution in [1.82, 2.24) is 20.1 Å². The van der Waals surface area contributed by atoms with Gasteiger partial charge in [0, 0.05) is 28.9 Å². The molecule has 0 atom stereocenters. The highest BCUT2D eigenvalue weighted by Gasteiger charge is 2.11. The molecule has 0 aliphatic carbocycles. The molecular formula is C14H22N4S. The highest BCUT2D eigenvalue weighted by molar-refractivity contribution is 7.09. The summed E-state index contributed by atoms with van der Waals surface area (Å²) in [5.74, 6) is 0.674. The van der Waals surface area contributed by atoms with Crippen LogP contribution in [0.25, 0.3) is 0 Å². The number of hydrogen-bond acceptors (Lipinski definition) is 4. The number of thiazole rings is 1. The smallest absolute Gasteiger partial charge is 0.0794 e. The van der Waals surface area contributed by atoms with E-state index in [1.54, 1.807) is 11.3 Å². The molecule has 2 rings (SSSR count). The minimum Gasteiger partial charge on any atom is -0.312 e. The summed E-state index contributed by atoms with van der Waals surface area (Å²) in [5.41, 5.74) is 5.57. The molecule has 0 aromatic carbocycles. The van der Waals surface area contributed by atoms with Crippen molar-refractivity contribution in [3.8, 4) is 0 Å². The molecule has 0 radical (unpaired) electrons. The maximum Gasteiger partial charge on any atom is 0.0794 e. The van der Waals surface area contributed by atoms with Gasteiger partial charge in [-0.2, -0.15) is 5.10 Å². The van der Waals surface area contributed by atoms with Gasteiger partial charge in [-0.25, -0.2) is 0 Å². The summed E-state index contributed by atoms with van der Waals surface area (Å²) in [7, 11) is 0. The molecule has 0 fully saturated rings. The number of nitrogens with one attached hydrogen (secondary N) is 1. The number of hydrogen-bond donors (Lipinski definition) is 1. The van der Waals surface area contributed by atoms with E-state index in [9.17, 15) is 0 Å². The van der Waals surface area contributed by atoms with Gasteiger partial charge in [-0.05, 0) is 26.3 Å². The highest BCUT2D eigenvalue weighted by Crippen LogP contribution is 2.16. The van der Waals surface area contributed by atoms with Crippen molar-refractivity contribution in [2.45, 2.75) is 40.8 Å². The second-order valence-corrected chi connectivity index (χ2v) is 6.27. The van der Waals surface area contributed by atoms with Gasteiger partial charge >= 0.3 is 0 Å². The molecule has 2 aromatic rings. The van der Waals surface area contributed by atoms with E-state index in [4.69, 9.17) is 0 Å². The van der Waals surface area contributed by atoms with Gasteiger partial charge in [-0.1, -0.05) is 13.8 Å². The van der Waals surface area contributed by atoms with Crippen molar-refractivity contribution < 1.29 is 0 Å². The van der Waals surface area contributed by atoms with Gasteiger partial charge in [0.1, 0.15) is 0 Å². The van der Waals surface area contributed by atoms with Crippen LogP contribution in [0.4, 0.5) is 0 Å². The Morgan fingerprint density at radius 1 is 1.37 bits per heavy atom. The molecule has 104 valence electrons. The summed E-state index contributed by atoms with van der Waals surface area (Å²) in [4.78, 5) is 5.35. The maximum absolute atomic E-state index is 4.64. The zero-order valence-electron chi connectivity index (χ0n) is 12.1. The van der Waals surface area contributed by atoms with Crippen LogP contribution >= 0.6 is 11.3 Å². The van der Waals surface area contributed by atoms with Crippen LogP contribution in [0.1, 0.15) is 35.7 Å². The van der Waals surface area contributed by atoms with E-state index in [0.717, 1.165) is 25.3 Å². The van der Waals surface area contributed by atoms with Crippen molar-refractivity contribution in [3.05, 3.63) is 33.5 Å². The Balaban J connectivity index is 2.06. The topological polar surface area (TPSA) is 42.7 Å². The van der Waals surface area contributed by atoms with Crippen LogP contribution in [-0.4, -0.2) is 21.3 Å². The average Bonchev–Trinajstić information content (AvgIpc) is 2.93. The summed E-state index contributed by atoms with van der Waals surface area (Å²) in [6.45, 7) is 11.4. The van der Waals surface area contributed by atoms with Crippen LogP contribution in [0.5, 0.6) is 0 Å². The minimum absolute atomic E-state index is 0.674. The summed E-state index contributed by atoms with van der Waals surface area (Å²) < 4.78 is 2.08. The normalized spacial score (nSPS) is 11.4. The Morgan fingerprint density at radius 3 is 2.79 bits per heavy atom. The van der Waals surface area contributed by atoms with E-state index in [2.05, 4.69) is 47.8 Å². The van der Waals surface area contributed by atoms with Gasteiger partial charge < -0.3 is 5.32 Å². The fourth-order valence-corrected chi connectivity index (χ4v) is 2.67. The lowest BCUT2D eigenvalue weighted by molar-refractivity contribution is 0.550. The molecule has 4 nitrogen and oxygen atoms in total. The second-order valence-electron chi connectivity index (χ2n) is 5.30. The van der Waals surface area contributed by atoms with Gasteiger partial charge in [0.15, 0.2) is 0 Å². The standard InChI is InChI=1S/C14H22N4S/c1-10(2)5-15-7-14-11(3)17-18(12(14)4)8-13-6-16-9-19-13/h6,9-10,15H,5,7-8H2,1-4H3. The summed E-state index contributed by atoms with van der Waals surface area (Å²) in [6, 6.07) is 0. The first kappa shape index (κ1) is 14.2. The van der Waals surface area contributed by atoms with Crippen LogP contribution < -0.4 is 5.32 Å². The van der Waals surface area contributed by atoms with Gasteiger partial charge in [0.25, 0.3) is 0 Å². The fraction of sp³-hybridized carbons (Fsp3) is 0.571. The molecule has 2 heterocycles. The molecule has 0 bridgehead atoms. The van der Waals surface area contributed by atoms with Gasteiger partial charge in [-0.15, -0.1) is 11.3 Å². The molecule has 0 aliphatic heterocycles. The first-order valence-electron chi connectivity index (χ1n) is 6.69. The molecule has 2 aromatic heterocycles. The van der Waals surface area contributed by atoms with Crippen molar-refractivity contribution in [1.29, 1.82) is 0 Å². The molecule has 0 spiro atoms. The molecule has 19 heavy (non-hydrogen) atoms. The Hall–Kier alpha value is -1.20. The predicted octanol–water partition coefficient (Wildman–Crippen LogP) is 2.75. The van der Waals surface area contributed by atoms with Crippen molar-refractivity contribution in [2.75, 3.05) is 6.54 Å². The zero-order valence-corrected chi connectivity index (χ0v) is 12.9. The third kappa shape index (κ3) is 3.64. The minimum atomic E-state index is 0.674. The third-order valence-corrected chi connectivity index (χ3v) is 3.94. The summed E-state index contributed by atoms with van der Waals surface area (Å²) in [6.07, 6.45) is 1.91. The Labute approximate surface area is 118 Å². The van der Waals surface area contributed by atoms with Crippen LogP contribution in [-0.2, 0) is 13.1 Å². The average molecular weight is 278 g/mol. The number of rotatable bonds is 6. The largest absolute Gasteiger partial charge is 0.312 e. The summed E-state index contributed by atoms with van der Waals surface area (Å²) >= 11 is 1.68. The molecule has 0 amide bonds. The van der Waals surface area contributed by atoms with Crippen LogP contribution in [0, 0.1) is 19.8 Å². The molecular weight excluding hydrogens is 256 g/mol. The predicted molar refractivity (Wildman–Crippen MR) is 79.5 cm³/mol. The first-order chi connectivity index (χ1) is 9.08. The quantitative estimate of drug-likeness (QED) is 0.883. The SMILES string of the molecule is Cc1nn(Cc2cncs2)c(C)c1CNCC(C)C. The monoisotopic (exact) mass is 278 g/mol. The van der Waals surface area contributed by atoms with E-state index in [-0.39, 0.29) is 0 Å². The highest BCUT2D eigenvalue weighted by atomic mass is 32.1. The van der Waals surface area contributed by atoms with Crippen LogP contribution in [0.3, 0.4) is 0 Å². The van der Waals surface area contributed by atoms with E-state index < -0.39 is 0 Å². The lowest BCUT2D eigenvalue weighted by atomic mass is 10.2. The molecule has 5 heteroatoms. The number of aromatic nitrogens is 3. The second kappa shape index (κ2) is 6.30. The van der Waals surface area contributed by atoms with Gasteiger partial charge in [0.2, 0.25) is 0 Å². The van der Waals surface area contributed by atoms with Crippen molar-refractivity contribution in [2.24, 2.45) is 5.92 Å². The lowest BCUT2D eigenvalue weighted by Gasteiger charge is -2.08. The lowest BCUT2D eigenvalue weighted by Crippen LogP contribution is -2.19. The summed E-state index contributed by atoms with van der Waals surface area (Å²) in [5, 5.41) is 8.13. The first-order valence-corrected chi connectivity index (χ1v) is 7.57. The van der Waals surface area contributed by atoms with E-state index in [0.29, 0.717) is 5.92 Å². The van der Waals surface area contributed by atoms with Gasteiger partial charge in [0.05, 0.1) is 17.7 Å².